The molecule has 1 atom stereocenters. The third kappa shape index (κ3) is 4.86. The van der Waals surface area contributed by atoms with Crippen molar-refractivity contribution < 1.29 is 36.3 Å². The summed E-state index contributed by atoms with van der Waals surface area (Å²) in [4.78, 5) is 24.5. The summed E-state index contributed by atoms with van der Waals surface area (Å²) >= 11 is 5.94. The molecule has 0 aromatic heterocycles. The Balaban J connectivity index is 2.17. The summed E-state index contributed by atoms with van der Waals surface area (Å²) in [5.74, 6) is -2.07. The standard InChI is InChI=1S/C16H20ClF3N4O5S/c1-15(27,16(18,19)20)14(26)22-12-3-2-10(8-11(12)17)30(28,29)24-6-4-23(5-7-24)13(25)9-21/h2-3,8,27H,4-7,9,21H2,1H3,(H,22,26)/t15-/m1/s1. The van der Waals surface area contributed by atoms with Crippen LogP contribution in [0.1, 0.15) is 6.92 Å². The highest BCUT2D eigenvalue weighted by molar-refractivity contribution is 7.89. The lowest BCUT2D eigenvalue weighted by atomic mass is 10.1. The molecule has 2 amide bonds. The van der Waals surface area contributed by atoms with Crippen molar-refractivity contribution in [3.8, 4) is 0 Å². The zero-order valence-corrected chi connectivity index (χ0v) is 17.3. The minimum Gasteiger partial charge on any atom is -0.373 e. The van der Waals surface area contributed by atoms with Crippen LogP contribution in [0.3, 0.4) is 0 Å². The summed E-state index contributed by atoms with van der Waals surface area (Å²) in [5.41, 5.74) is 1.32. The highest BCUT2D eigenvalue weighted by Gasteiger charge is 2.55. The summed E-state index contributed by atoms with van der Waals surface area (Å²) in [7, 11) is -4.00. The number of nitrogens with one attached hydrogen (secondary N) is 1. The van der Waals surface area contributed by atoms with E-state index in [9.17, 15) is 36.3 Å². The van der Waals surface area contributed by atoms with E-state index in [4.69, 9.17) is 17.3 Å². The molecule has 1 aliphatic heterocycles. The van der Waals surface area contributed by atoms with Crippen molar-refractivity contribution in [2.75, 3.05) is 38.0 Å². The van der Waals surface area contributed by atoms with E-state index in [1.54, 1.807) is 0 Å². The number of nitrogens with zero attached hydrogens (tertiary/aromatic N) is 2. The van der Waals surface area contributed by atoms with Crippen LogP contribution < -0.4 is 11.1 Å². The smallest absolute Gasteiger partial charge is 0.373 e. The number of amides is 2. The van der Waals surface area contributed by atoms with E-state index in [1.807, 2.05) is 5.32 Å². The second-order valence-corrected chi connectivity index (χ2v) is 9.00. The van der Waals surface area contributed by atoms with Gasteiger partial charge in [0.25, 0.3) is 5.91 Å². The number of hydrogen-bond acceptors (Lipinski definition) is 6. The molecule has 0 aliphatic carbocycles. The molecule has 1 heterocycles. The molecule has 1 fully saturated rings. The van der Waals surface area contributed by atoms with Gasteiger partial charge in [0, 0.05) is 26.2 Å². The van der Waals surface area contributed by atoms with Crippen molar-refractivity contribution in [1.82, 2.24) is 9.21 Å². The zero-order chi connectivity index (χ0) is 22.9. The van der Waals surface area contributed by atoms with Crippen molar-refractivity contribution in [1.29, 1.82) is 0 Å². The van der Waals surface area contributed by atoms with Gasteiger partial charge in [0.15, 0.2) is 0 Å². The van der Waals surface area contributed by atoms with Crippen molar-refractivity contribution in [3.63, 3.8) is 0 Å². The summed E-state index contributed by atoms with van der Waals surface area (Å²) in [6.07, 6.45) is -5.22. The van der Waals surface area contributed by atoms with Crippen LogP contribution in [0.2, 0.25) is 5.02 Å². The number of hydrogen-bond donors (Lipinski definition) is 3. The Bertz CT molecular complexity index is 931. The van der Waals surface area contributed by atoms with E-state index < -0.39 is 27.7 Å². The van der Waals surface area contributed by atoms with Gasteiger partial charge in [0.1, 0.15) is 0 Å². The number of carbonyl (C=O) groups is 2. The molecule has 1 aromatic rings. The monoisotopic (exact) mass is 472 g/mol. The maximum absolute atomic E-state index is 12.8. The zero-order valence-electron chi connectivity index (χ0n) is 15.7. The van der Waals surface area contributed by atoms with E-state index in [2.05, 4.69) is 0 Å². The van der Waals surface area contributed by atoms with E-state index in [1.165, 1.54) is 4.90 Å². The molecule has 30 heavy (non-hydrogen) atoms. The molecule has 0 spiro atoms. The van der Waals surface area contributed by atoms with Gasteiger partial charge in [-0.25, -0.2) is 8.42 Å². The predicted molar refractivity (Wildman–Crippen MR) is 101 cm³/mol. The van der Waals surface area contributed by atoms with Crippen LogP contribution in [0.25, 0.3) is 0 Å². The van der Waals surface area contributed by atoms with E-state index in [0.717, 1.165) is 22.5 Å². The fraction of sp³-hybridized carbons (Fsp3) is 0.500. The van der Waals surface area contributed by atoms with E-state index in [-0.39, 0.29) is 61.2 Å². The number of carbonyl (C=O) groups excluding carboxylic acids is 2. The van der Waals surface area contributed by atoms with Gasteiger partial charge < -0.3 is 21.1 Å². The molecule has 9 nitrogen and oxygen atoms in total. The molecule has 2 rings (SSSR count). The van der Waals surface area contributed by atoms with Crippen molar-refractivity contribution in [2.24, 2.45) is 5.73 Å². The van der Waals surface area contributed by atoms with Gasteiger partial charge in [0.2, 0.25) is 21.5 Å². The molecule has 168 valence electrons. The van der Waals surface area contributed by atoms with Gasteiger partial charge in [-0.3, -0.25) is 9.59 Å². The Morgan fingerprint density at radius 1 is 1.23 bits per heavy atom. The lowest BCUT2D eigenvalue weighted by molar-refractivity contribution is -0.242. The van der Waals surface area contributed by atoms with Crippen LogP contribution in [0, 0.1) is 0 Å². The first-order chi connectivity index (χ1) is 13.7. The molecule has 0 radical (unpaired) electrons. The lowest BCUT2D eigenvalue weighted by Gasteiger charge is -2.33. The third-order valence-electron chi connectivity index (χ3n) is 4.59. The molecular formula is C16H20ClF3N4O5S. The number of nitrogens with two attached hydrogens (primary N) is 1. The number of anilines is 1. The second kappa shape index (κ2) is 8.67. The SMILES string of the molecule is C[C@@](O)(C(=O)Nc1ccc(S(=O)(=O)N2CCN(C(=O)CN)CC2)cc1Cl)C(F)(F)F. The fourth-order valence-corrected chi connectivity index (χ4v) is 4.33. The first kappa shape index (κ1) is 24.3. The maximum Gasteiger partial charge on any atom is 0.426 e. The van der Waals surface area contributed by atoms with Crippen molar-refractivity contribution in [2.45, 2.75) is 23.6 Å². The summed E-state index contributed by atoms with van der Waals surface area (Å²) in [6, 6.07) is 3.07. The minimum absolute atomic E-state index is 0.0264. The molecule has 1 aliphatic rings. The van der Waals surface area contributed by atoms with Gasteiger partial charge in [-0.1, -0.05) is 11.6 Å². The maximum atomic E-state index is 12.8. The van der Waals surface area contributed by atoms with Crippen LogP contribution in [0.4, 0.5) is 18.9 Å². The highest BCUT2D eigenvalue weighted by Crippen LogP contribution is 2.33. The number of rotatable bonds is 5. The number of aliphatic hydroxyl groups is 1. The first-order valence-electron chi connectivity index (χ1n) is 8.60. The van der Waals surface area contributed by atoms with E-state index in [0.29, 0.717) is 0 Å². The molecule has 1 saturated heterocycles. The molecule has 0 bridgehead atoms. The number of halogens is 4. The summed E-state index contributed by atoms with van der Waals surface area (Å²) in [6.45, 7) is 0.464. The van der Waals surface area contributed by atoms with Crippen LogP contribution >= 0.6 is 11.6 Å². The number of alkyl halides is 3. The Morgan fingerprint density at radius 2 is 1.80 bits per heavy atom. The number of benzene rings is 1. The quantitative estimate of drug-likeness (QED) is 0.567. The van der Waals surface area contributed by atoms with Gasteiger partial charge in [-0.2, -0.15) is 17.5 Å². The van der Waals surface area contributed by atoms with Crippen LogP contribution in [0.5, 0.6) is 0 Å². The lowest BCUT2D eigenvalue weighted by Crippen LogP contribution is -2.52. The van der Waals surface area contributed by atoms with Crippen LogP contribution in [0.15, 0.2) is 23.1 Å². The van der Waals surface area contributed by atoms with E-state index >= 15 is 0 Å². The molecule has 0 saturated carbocycles. The Kier molecular flexibility index (Phi) is 7.03. The Hall–Kier alpha value is -1.93. The third-order valence-corrected chi connectivity index (χ3v) is 6.79. The van der Waals surface area contributed by atoms with Crippen molar-refractivity contribution >= 4 is 39.1 Å². The highest BCUT2D eigenvalue weighted by atomic mass is 35.5. The fourth-order valence-electron chi connectivity index (χ4n) is 2.59. The van der Waals surface area contributed by atoms with Crippen molar-refractivity contribution in [3.05, 3.63) is 23.2 Å². The molecule has 14 heteroatoms. The number of piperazine rings is 1. The topological polar surface area (TPSA) is 133 Å². The van der Waals surface area contributed by atoms with Gasteiger partial charge in [0.05, 0.1) is 22.2 Å². The Morgan fingerprint density at radius 3 is 2.27 bits per heavy atom. The van der Waals surface area contributed by atoms with Gasteiger partial charge >= 0.3 is 6.18 Å². The average molecular weight is 473 g/mol. The predicted octanol–water partition coefficient (Wildman–Crippen LogP) is 0.383. The largest absolute Gasteiger partial charge is 0.426 e. The summed E-state index contributed by atoms with van der Waals surface area (Å²) < 4.78 is 64.9. The van der Waals surface area contributed by atoms with Gasteiger partial charge in [-0.05, 0) is 25.1 Å². The average Bonchev–Trinajstić information content (AvgIpc) is 2.67. The molecule has 4 N–H and O–H groups in total. The minimum atomic E-state index is -5.22. The molecule has 0 unspecified atom stereocenters. The van der Waals surface area contributed by atoms with Crippen LogP contribution in [-0.4, -0.2) is 79.0 Å². The second-order valence-electron chi connectivity index (χ2n) is 6.65. The van der Waals surface area contributed by atoms with Gasteiger partial charge in [-0.15, -0.1) is 0 Å². The van der Waals surface area contributed by atoms with Crippen LogP contribution in [-0.2, 0) is 19.6 Å². The molecule has 1 aromatic carbocycles. The first-order valence-corrected chi connectivity index (χ1v) is 10.4. The normalized spacial score (nSPS) is 18.0. The molecular weight excluding hydrogens is 453 g/mol. The Labute approximate surface area is 175 Å². The number of sulfonamides is 1. The summed E-state index contributed by atoms with van der Waals surface area (Å²) in [5, 5.41) is 10.9.